The van der Waals surface area contributed by atoms with Gasteiger partial charge in [-0.25, -0.2) is 0 Å². The molecule has 2 rings (SSSR count). The Hall–Kier alpha value is -1.63. The summed E-state index contributed by atoms with van der Waals surface area (Å²) in [5.41, 5.74) is 3.31. The van der Waals surface area contributed by atoms with Crippen LogP contribution in [0.15, 0.2) is 42.5 Å². The Labute approximate surface area is 83.8 Å². The minimum Gasteiger partial charge on any atom is -0.295 e. The molecule has 14 heavy (non-hydrogen) atoms. The van der Waals surface area contributed by atoms with Crippen LogP contribution in [0.25, 0.3) is 5.57 Å². The van der Waals surface area contributed by atoms with Gasteiger partial charge in [-0.2, -0.15) is 0 Å². The maximum atomic E-state index is 11.1. The third kappa shape index (κ3) is 1.67. The van der Waals surface area contributed by atoms with Gasteiger partial charge in [0.1, 0.15) is 0 Å². The van der Waals surface area contributed by atoms with E-state index in [1.54, 1.807) is 6.92 Å². The van der Waals surface area contributed by atoms with Crippen LogP contribution in [0.2, 0.25) is 0 Å². The molecular formula is C13H12O. The zero-order valence-electron chi connectivity index (χ0n) is 8.16. The van der Waals surface area contributed by atoms with E-state index in [4.69, 9.17) is 0 Å². The van der Waals surface area contributed by atoms with E-state index in [0.717, 1.165) is 12.0 Å². The van der Waals surface area contributed by atoms with E-state index >= 15 is 0 Å². The molecule has 0 aliphatic heterocycles. The maximum absolute atomic E-state index is 11.1. The molecule has 0 N–H and O–H groups in total. The van der Waals surface area contributed by atoms with E-state index in [0.29, 0.717) is 0 Å². The smallest absolute Gasteiger partial charge is 0.159 e. The maximum Gasteiger partial charge on any atom is 0.159 e. The van der Waals surface area contributed by atoms with E-state index < -0.39 is 0 Å². The van der Waals surface area contributed by atoms with E-state index in [9.17, 15) is 4.79 Å². The lowest BCUT2D eigenvalue weighted by Crippen LogP contribution is -1.91. The largest absolute Gasteiger partial charge is 0.295 e. The van der Waals surface area contributed by atoms with Crippen molar-refractivity contribution >= 4 is 11.4 Å². The molecular weight excluding hydrogens is 172 g/mol. The van der Waals surface area contributed by atoms with Gasteiger partial charge in [-0.3, -0.25) is 4.79 Å². The van der Waals surface area contributed by atoms with E-state index in [1.165, 1.54) is 11.1 Å². The molecule has 0 atom stereocenters. The lowest BCUT2D eigenvalue weighted by molar-refractivity contribution is 0.101. The highest BCUT2D eigenvalue weighted by Gasteiger charge is 2.03. The molecule has 0 amide bonds. The third-order valence-corrected chi connectivity index (χ3v) is 2.43. The van der Waals surface area contributed by atoms with Gasteiger partial charge >= 0.3 is 0 Å². The van der Waals surface area contributed by atoms with Crippen LogP contribution in [-0.4, -0.2) is 5.78 Å². The summed E-state index contributed by atoms with van der Waals surface area (Å²) in [6.07, 6.45) is 7.31. The Bertz CT molecular complexity index is 407. The second-order valence-electron chi connectivity index (χ2n) is 3.46. The van der Waals surface area contributed by atoms with Gasteiger partial charge in [0.2, 0.25) is 0 Å². The van der Waals surface area contributed by atoms with Crippen molar-refractivity contribution in [3.63, 3.8) is 0 Å². The number of carbonyl (C=O) groups is 1. The summed E-state index contributed by atoms with van der Waals surface area (Å²) in [6.45, 7) is 1.59. The highest BCUT2D eigenvalue weighted by atomic mass is 16.1. The highest BCUT2D eigenvalue weighted by molar-refractivity contribution is 5.94. The number of allylic oxidation sites excluding steroid dienone is 4. The predicted molar refractivity (Wildman–Crippen MR) is 58.2 cm³/mol. The Morgan fingerprint density at radius 1 is 1.21 bits per heavy atom. The average Bonchev–Trinajstić information content (AvgIpc) is 2.71. The van der Waals surface area contributed by atoms with Crippen molar-refractivity contribution in [3.8, 4) is 0 Å². The van der Waals surface area contributed by atoms with Crippen LogP contribution in [0.4, 0.5) is 0 Å². The molecule has 0 heterocycles. The number of carbonyl (C=O) groups excluding carboxylic acids is 1. The Morgan fingerprint density at radius 3 is 2.43 bits per heavy atom. The Kier molecular flexibility index (Phi) is 2.32. The van der Waals surface area contributed by atoms with Crippen LogP contribution >= 0.6 is 0 Å². The molecule has 0 radical (unpaired) electrons. The molecule has 1 aromatic carbocycles. The quantitative estimate of drug-likeness (QED) is 0.645. The summed E-state index contributed by atoms with van der Waals surface area (Å²) in [7, 11) is 0. The Morgan fingerprint density at radius 2 is 1.93 bits per heavy atom. The van der Waals surface area contributed by atoms with Crippen molar-refractivity contribution in [2.45, 2.75) is 13.3 Å². The van der Waals surface area contributed by atoms with Crippen molar-refractivity contribution < 1.29 is 4.79 Å². The first-order chi connectivity index (χ1) is 6.77. The first kappa shape index (κ1) is 8.95. The zero-order chi connectivity index (χ0) is 9.97. The first-order valence-corrected chi connectivity index (χ1v) is 4.74. The molecule has 70 valence electrons. The van der Waals surface area contributed by atoms with Gasteiger partial charge in [0.15, 0.2) is 5.78 Å². The average molecular weight is 184 g/mol. The third-order valence-electron chi connectivity index (χ3n) is 2.43. The molecule has 1 aliphatic carbocycles. The van der Waals surface area contributed by atoms with Crippen LogP contribution in [0.5, 0.6) is 0 Å². The van der Waals surface area contributed by atoms with Gasteiger partial charge in [-0.15, -0.1) is 0 Å². The molecule has 1 aromatic rings. The van der Waals surface area contributed by atoms with Gasteiger partial charge in [0, 0.05) is 5.56 Å². The molecule has 0 aromatic heterocycles. The number of Topliss-reactive ketones (excluding diaryl/α,β-unsaturated/α-hetero) is 1. The van der Waals surface area contributed by atoms with Gasteiger partial charge in [-0.1, -0.05) is 42.5 Å². The number of benzene rings is 1. The van der Waals surface area contributed by atoms with Gasteiger partial charge in [0.05, 0.1) is 0 Å². The molecule has 0 fully saturated rings. The topological polar surface area (TPSA) is 17.1 Å². The summed E-state index contributed by atoms with van der Waals surface area (Å²) in [5, 5.41) is 0. The molecule has 1 heteroatoms. The van der Waals surface area contributed by atoms with Crippen molar-refractivity contribution in [2.24, 2.45) is 0 Å². The summed E-state index contributed by atoms with van der Waals surface area (Å²) in [4.78, 5) is 11.1. The number of hydrogen-bond acceptors (Lipinski definition) is 1. The predicted octanol–water partition coefficient (Wildman–Crippen LogP) is 3.23. The molecule has 0 saturated carbocycles. The molecule has 1 nitrogen and oxygen atoms in total. The van der Waals surface area contributed by atoms with E-state index in [1.807, 2.05) is 24.3 Å². The number of ketones is 1. The lowest BCUT2D eigenvalue weighted by Gasteiger charge is -2.02. The molecule has 1 aliphatic rings. The van der Waals surface area contributed by atoms with Crippen molar-refractivity contribution in [1.82, 2.24) is 0 Å². The van der Waals surface area contributed by atoms with Crippen molar-refractivity contribution in [3.05, 3.63) is 53.6 Å². The molecule has 0 saturated heterocycles. The standard InChI is InChI=1S/C13H12O/c1-10(14)11-6-8-13(9-7-11)12-4-2-3-5-12/h2-4,6-9H,5H2,1H3. The molecule has 0 bridgehead atoms. The fourth-order valence-electron chi connectivity index (χ4n) is 1.58. The van der Waals surface area contributed by atoms with Crippen LogP contribution in [0.3, 0.4) is 0 Å². The normalized spacial score (nSPS) is 14.2. The summed E-state index contributed by atoms with van der Waals surface area (Å²) in [5.74, 6) is 0.120. The second kappa shape index (κ2) is 3.62. The van der Waals surface area contributed by atoms with Crippen LogP contribution in [0, 0.1) is 0 Å². The SMILES string of the molecule is CC(=O)c1ccc(C2=CC=CC2)cc1. The van der Waals surface area contributed by atoms with Crippen LogP contribution in [-0.2, 0) is 0 Å². The van der Waals surface area contributed by atoms with E-state index in [-0.39, 0.29) is 5.78 Å². The minimum atomic E-state index is 0.120. The van der Waals surface area contributed by atoms with Gasteiger partial charge < -0.3 is 0 Å². The fraction of sp³-hybridized carbons (Fsp3) is 0.154. The lowest BCUT2D eigenvalue weighted by atomic mass is 10.0. The molecule has 0 spiro atoms. The van der Waals surface area contributed by atoms with Gasteiger partial charge in [0.25, 0.3) is 0 Å². The minimum absolute atomic E-state index is 0.120. The number of hydrogen-bond donors (Lipinski definition) is 0. The summed E-state index contributed by atoms with van der Waals surface area (Å²) in [6, 6.07) is 7.79. The molecule has 0 unspecified atom stereocenters. The first-order valence-electron chi connectivity index (χ1n) is 4.74. The van der Waals surface area contributed by atoms with E-state index in [2.05, 4.69) is 18.2 Å². The van der Waals surface area contributed by atoms with Gasteiger partial charge in [-0.05, 0) is 24.5 Å². The fourth-order valence-corrected chi connectivity index (χ4v) is 1.58. The van der Waals surface area contributed by atoms with Crippen LogP contribution in [0.1, 0.15) is 29.3 Å². The highest BCUT2D eigenvalue weighted by Crippen LogP contribution is 2.23. The number of rotatable bonds is 2. The zero-order valence-corrected chi connectivity index (χ0v) is 8.16. The second-order valence-corrected chi connectivity index (χ2v) is 3.46. The summed E-state index contributed by atoms with van der Waals surface area (Å²) < 4.78 is 0. The van der Waals surface area contributed by atoms with Crippen molar-refractivity contribution in [1.29, 1.82) is 0 Å². The van der Waals surface area contributed by atoms with Crippen LogP contribution < -0.4 is 0 Å². The monoisotopic (exact) mass is 184 g/mol. The summed E-state index contributed by atoms with van der Waals surface area (Å²) >= 11 is 0. The van der Waals surface area contributed by atoms with Crippen molar-refractivity contribution in [2.75, 3.05) is 0 Å². The Balaban J connectivity index is 2.26.